The molecule has 0 aromatic carbocycles. The van der Waals surface area contributed by atoms with Crippen LogP contribution in [0.25, 0.3) is 0 Å². The Morgan fingerprint density at radius 3 is 2.62 bits per heavy atom. The molecule has 1 aromatic rings. The minimum Gasteiger partial charge on any atom is -0.468 e. The number of hydrogen-bond donors (Lipinski definition) is 1. The minimum atomic E-state index is -0.191. The van der Waals surface area contributed by atoms with Crippen LogP contribution in [0.5, 0.6) is 0 Å². The van der Waals surface area contributed by atoms with E-state index >= 15 is 0 Å². The zero-order chi connectivity index (χ0) is 9.42. The first-order valence-electron chi connectivity index (χ1n) is 4.93. The highest BCUT2D eigenvalue weighted by Crippen LogP contribution is 2.37. The van der Waals surface area contributed by atoms with Crippen molar-refractivity contribution in [3.8, 4) is 0 Å². The van der Waals surface area contributed by atoms with Crippen molar-refractivity contribution in [2.45, 2.75) is 45.1 Å². The van der Waals surface area contributed by atoms with Crippen molar-refractivity contribution in [2.75, 3.05) is 0 Å². The van der Waals surface area contributed by atoms with Gasteiger partial charge >= 0.3 is 0 Å². The molecular weight excluding hydrogens is 164 g/mol. The predicted molar refractivity (Wildman–Crippen MR) is 50.8 cm³/mol. The normalized spacial score (nSPS) is 28.2. The van der Waals surface area contributed by atoms with Crippen LogP contribution in [0.2, 0.25) is 0 Å². The standard InChI is InChI=1S/C11H16O2/c1-7-6-13-11(8(7)2)9-4-3-5-10(9)12/h6,9-10,12H,3-5H2,1-2H3/t9-,10-/m1/s1. The molecule has 1 aliphatic carbocycles. The van der Waals surface area contributed by atoms with E-state index in [1.807, 2.05) is 6.92 Å². The van der Waals surface area contributed by atoms with Crippen LogP contribution in [-0.4, -0.2) is 11.2 Å². The van der Waals surface area contributed by atoms with E-state index in [1.165, 1.54) is 11.1 Å². The van der Waals surface area contributed by atoms with Gasteiger partial charge in [0.05, 0.1) is 12.4 Å². The Balaban J connectivity index is 2.29. The number of rotatable bonds is 1. The van der Waals surface area contributed by atoms with Crippen LogP contribution < -0.4 is 0 Å². The van der Waals surface area contributed by atoms with Crippen LogP contribution in [0, 0.1) is 13.8 Å². The number of aliphatic hydroxyl groups excluding tert-OH is 1. The van der Waals surface area contributed by atoms with Crippen LogP contribution >= 0.6 is 0 Å². The van der Waals surface area contributed by atoms with Gasteiger partial charge < -0.3 is 9.52 Å². The first-order valence-corrected chi connectivity index (χ1v) is 4.93. The van der Waals surface area contributed by atoms with Crippen molar-refractivity contribution >= 4 is 0 Å². The minimum absolute atomic E-state index is 0.191. The van der Waals surface area contributed by atoms with Crippen molar-refractivity contribution in [1.29, 1.82) is 0 Å². The van der Waals surface area contributed by atoms with Crippen LogP contribution in [0.3, 0.4) is 0 Å². The van der Waals surface area contributed by atoms with E-state index in [4.69, 9.17) is 4.42 Å². The van der Waals surface area contributed by atoms with Crippen molar-refractivity contribution in [3.05, 3.63) is 23.2 Å². The van der Waals surface area contributed by atoms with Crippen LogP contribution in [0.4, 0.5) is 0 Å². The highest BCUT2D eigenvalue weighted by Gasteiger charge is 2.30. The van der Waals surface area contributed by atoms with Gasteiger partial charge in [0.15, 0.2) is 0 Å². The van der Waals surface area contributed by atoms with Crippen LogP contribution in [-0.2, 0) is 0 Å². The second kappa shape index (κ2) is 3.18. The monoisotopic (exact) mass is 180 g/mol. The van der Waals surface area contributed by atoms with E-state index in [-0.39, 0.29) is 12.0 Å². The fourth-order valence-electron chi connectivity index (χ4n) is 2.13. The zero-order valence-corrected chi connectivity index (χ0v) is 8.21. The summed E-state index contributed by atoms with van der Waals surface area (Å²) in [4.78, 5) is 0. The molecular formula is C11H16O2. The Bertz CT molecular complexity index is 301. The summed E-state index contributed by atoms with van der Waals surface area (Å²) in [6, 6.07) is 0. The lowest BCUT2D eigenvalue weighted by atomic mass is 9.98. The molecule has 1 fully saturated rings. The summed E-state index contributed by atoms with van der Waals surface area (Å²) < 4.78 is 5.49. The number of furan rings is 1. The lowest BCUT2D eigenvalue weighted by Crippen LogP contribution is -2.11. The second-order valence-electron chi connectivity index (χ2n) is 4.01. The Hall–Kier alpha value is -0.760. The third-order valence-electron chi connectivity index (χ3n) is 3.14. The van der Waals surface area contributed by atoms with Gasteiger partial charge in [-0.2, -0.15) is 0 Å². The summed E-state index contributed by atoms with van der Waals surface area (Å²) in [7, 11) is 0. The van der Waals surface area contributed by atoms with Crippen LogP contribution in [0.15, 0.2) is 10.7 Å². The average Bonchev–Trinajstić information content (AvgIpc) is 2.62. The molecule has 1 N–H and O–H groups in total. The average molecular weight is 180 g/mol. The molecule has 1 aromatic heterocycles. The summed E-state index contributed by atoms with van der Waals surface area (Å²) in [5.41, 5.74) is 2.40. The molecule has 0 aliphatic heterocycles. The Morgan fingerprint density at radius 2 is 2.15 bits per heavy atom. The van der Waals surface area contributed by atoms with Gasteiger partial charge in [-0.3, -0.25) is 0 Å². The van der Waals surface area contributed by atoms with Gasteiger partial charge in [0.2, 0.25) is 0 Å². The fraction of sp³-hybridized carbons (Fsp3) is 0.636. The van der Waals surface area contributed by atoms with Gasteiger partial charge in [-0.25, -0.2) is 0 Å². The lowest BCUT2D eigenvalue weighted by Gasteiger charge is -2.12. The molecule has 1 aliphatic rings. The Kier molecular flexibility index (Phi) is 2.16. The van der Waals surface area contributed by atoms with Gasteiger partial charge in [-0.15, -0.1) is 0 Å². The maximum absolute atomic E-state index is 9.72. The molecule has 0 bridgehead atoms. The smallest absolute Gasteiger partial charge is 0.112 e. The molecule has 1 heterocycles. The SMILES string of the molecule is Cc1coc([C@@H]2CCC[C@H]2O)c1C. The summed E-state index contributed by atoms with van der Waals surface area (Å²) in [6.07, 6.45) is 4.70. The molecule has 0 amide bonds. The highest BCUT2D eigenvalue weighted by atomic mass is 16.3. The molecule has 0 radical (unpaired) electrons. The Labute approximate surface area is 78.6 Å². The van der Waals surface area contributed by atoms with Crippen molar-refractivity contribution in [2.24, 2.45) is 0 Å². The largest absolute Gasteiger partial charge is 0.468 e. The van der Waals surface area contributed by atoms with Crippen molar-refractivity contribution < 1.29 is 9.52 Å². The first-order chi connectivity index (χ1) is 6.20. The van der Waals surface area contributed by atoms with Crippen LogP contribution in [0.1, 0.15) is 42.1 Å². The van der Waals surface area contributed by atoms with Gasteiger partial charge in [0, 0.05) is 5.92 Å². The zero-order valence-electron chi connectivity index (χ0n) is 8.21. The quantitative estimate of drug-likeness (QED) is 0.720. The number of hydrogen-bond acceptors (Lipinski definition) is 2. The van der Waals surface area contributed by atoms with E-state index in [0.29, 0.717) is 0 Å². The number of aliphatic hydroxyl groups is 1. The highest BCUT2D eigenvalue weighted by molar-refractivity contribution is 5.28. The van der Waals surface area contributed by atoms with Gasteiger partial charge in [-0.1, -0.05) is 6.42 Å². The summed E-state index contributed by atoms with van der Waals surface area (Å²) in [5.74, 6) is 1.25. The topological polar surface area (TPSA) is 33.4 Å². The molecule has 0 saturated heterocycles. The maximum atomic E-state index is 9.72. The second-order valence-corrected chi connectivity index (χ2v) is 4.01. The third kappa shape index (κ3) is 1.39. The summed E-state index contributed by atoms with van der Waals surface area (Å²) >= 11 is 0. The van der Waals surface area contributed by atoms with Crippen molar-refractivity contribution in [1.82, 2.24) is 0 Å². The molecule has 2 nitrogen and oxygen atoms in total. The van der Waals surface area contributed by atoms with E-state index in [9.17, 15) is 5.11 Å². The Morgan fingerprint density at radius 1 is 1.38 bits per heavy atom. The van der Waals surface area contributed by atoms with Gasteiger partial charge in [-0.05, 0) is 37.8 Å². The fourth-order valence-corrected chi connectivity index (χ4v) is 2.13. The summed E-state index contributed by atoms with van der Waals surface area (Å²) in [6.45, 7) is 4.11. The molecule has 2 heteroatoms. The third-order valence-corrected chi connectivity index (χ3v) is 3.14. The molecule has 1 saturated carbocycles. The van der Waals surface area contributed by atoms with E-state index in [2.05, 4.69) is 6.92 Å². The van der Waals surface area contributed by atoms with E-state index < -0.39 is 0 Å². The molecule has 2 rings (SSSR count). The number of aryl methyl sites for hydroxylation is 1. The van der Waals surface area contributed by atoms with E-state index in [0.717, 1.165) is 25.0 Å². The van der Waals surface area contributed by atoms with Gasteiger partial charge in [0.25, 0.3) is 0 Å². The van der Waals surface area contributed by atoms with Gasteiger partial charge in [0.1, 0.15) is 5.76 Å². The maximum Gasteiger partial charge on any atom is 0.112 e. The molecule has 2 atom stereocenters. The van der Waals surface area contributed by atoms with Crippen molar-refractivity contribution in [3.63, 3.8) is 0 Å². The predicted octanol–water partition coefficient (Wildman–Crippen LogP) is 2.52. The van der Waals surface area contributed by atoms with E-state index in [1.54, 1.807) is 6.26 Å². The molecule has 0 spiro atoms. The summed E-state index contributed by atoms with van der Waals surface area (Å²) in [5, 5.41) is 9.72. The first kappa shape index (κ1) is 8.82. The molecule has 72 valence electrons. The molecule has 0 unspecified atom stereocenters. The molecule has 13 heavy (non-hydrogen) atoms. The lowest BCUT2D eigenvalue weighted by molar-refractivity contribution is 0.154.